The molecule has 0 rings (SSSR count). The molecule has 0 heterocycles. The molecule has 0 aliphatic heterocycles. The fourth-order valence-electron chi connectivity index (χ4n) is 1.48. The fourth-order valence-corrected chi connectivity index (χ4v) is 2.98. The zero-order valence-corrected chi connectivity index (χ0v) is 11.7. The van der Waals surface area contributed by atoms with E-state index in [1.54, 1.807) is 0 Å². The molecule has 4 nitrogen and oxygen atoms in total. The van der Waals surface area contributed by atoms with Crippen LogP contribution >= 0.6 is 0 Å². The summed E-state index contributed by atoms with van der Waals surface area (Å²) in [5, 5.41) is 3.19. The lowest BCUT2D eigenvalue weighted by Gasteiger charge is -2.19. The van der Waals surface area contributed by atoms with Crippen LogP contribution in [0.5, 0.6) is 0 Å². The zero-order chi connectivity index (χ0) is 13.1. The van der Waals surface area contributed by atoms with Gasteiger partial charge in [0.05, 0.1) is 12.3 Å². The van der Waals surface area contributed by atoms with Gasteiger partial charge in [-0.3, -0.25) is 0 Å². The third-order valence-corrected chi connectivity index (χ3v) is 4.22. The second-order valence-electron chi connectivity index (χ2n) is 3.96. The van der Waals surface area contributed by atoms with E-state index >= 15 is 0 Å². The van der Waals surface area contributed by atoms with E-state index in [1.165, 1.54) is 4.31 Å². The number of rotatable bonds is 10. The lowest BCUT2D eigenvalue weighted by atomic mass is 10.4. The van der Waals surface area contributed by atoms with E-state index in [9.17, 15) is 8.42 Å². The average Bonchev–Trinajstić information content (AvgIpc) is 2.28. The SMILES string of the molecule is C#CCN(CCC)S(=O)(=O)CCCNCCC. The molecule has 0 saturated carbocycles. The first-order chi connectivity index (χ1) is 8.08. The summed E-state index contributed by atoms with van der Waals surface area (Å²) in [6.07, 6.45) is 7.66. The van der Waals surface area contributed by atoms with Crippen LogP contribution in [-0.2, 0) is 10.0 Å². The summed E-state index contributed by atoms with van der Waals surface area (Å²) < 4.78 is 25.3. The predicted octanol–water partition coefficient (Wildman–Crippen LogP) is 1.05. The van der Waals surface area contributed by atoms with Crippen molar-refractivity contribution in [2.75, 3.05) is 31.9 Å². The van der Waals surface area contributed by atoms with Crippen molar-refractivity contribution in [1.29, 1.82) is 0 Å². The van der Waals surface area contributed by atoms with Crippen LogP contribution in [-0.4, -0.2) is 44.7 Å². The minimum Gasteiger partial charge on any atom is -0.317 e. The third kappa shape index (κ3) is 7.37. The number of nitrogens with zero attached hydrogens (tertiary/aromatic N) is 1. The Morgan fingerprint density at radius 3 is 2.47 bits per heavy atom. The van der Waals surface area contributed by atoms with Crippen LogP contribution in [0.1, 0.15) is 33.1 Å². The average molecular weight is 260 g/mol. The van der Waals surface area contributed by atoms with Crippen molar-refractivity contribution in [1.82, 2.24) is 9.62 Å². The largest absolute Gasteiger partial charge is 0.317 e. The van der Waals surface area contributed by atoms with E-state index in [4.69, 9.17) is 6.42 Å². The maximum atomic E-state index is 11.9. The molecule has 0 atom stereocenters. The van der Waals surface area contributed by atoms with Crippen molar-refractivity contribution in [2.24, 2.45) is 0 Å². The Balaban J connectivity index is 4.10. The second kappa shape index (κ2) is 9.46. The van der Waals surface area contributed by atoms with Gasteiger partial charge in [0, 0.05) is 6.54 Å². The minimum absolute atomic E-state index is 0.172. The van der Waals surface area contributed by atoms with Gasteiger partial charge in [-0.2, -0.15) is 4.31 Å². The van der Waals surface area contributed by atoms with Gasteiger partial charge in [0.25, 0.3) is 0 Å². The van der Waals surface area contributed by atoms with Crippen molar-refractivity contribution >= 4 is 10.0 Å². The highest BCUT2D eigenvalue weighted by molar-refractivity contribution is 7.89. The van der Waals surface area contributed by atoms with Gasteiger partial charge in [-0.1, -0.05) is 19.8 Å². The minimum atomic E-state index is -3.18. The molecule has 0 bridgehead atoms. The molecule has 0 aliphatic rings. The van der Waals surface area contributed by atoms with Gasteiger partial charge in [-0.15, -0.1) is 6.42 Å². The molecule has 5 heteroatoms. The number of sulfonamides is 1. The van der Waals surface area contributed by atoms with Crippen molar-refractivity contribution in [3.05, 3.63) is 0 Å². The molecule has 0 aromatic carbocycles. The number of terminal acetylenes is 1. The van der Waals surface area contributed by atoms with Gasteiger partial charge in [-0.05, 0) is 32.4 Å². The monoisotopic (exact) mass is 260 g/mol. The molecule has 0 aromatic rings. The summed E-state index contributed by atoms with van der Waals surface area (Å²) in [5.41, 5.74) is 0. The van der Waals surface area contributed by atoms with E-state index in [0.29, 0.717) is 13.0 Å². The van der Waals surface area contributed by atoms with E-state index in [2.05, 4.69) is 18.2 Å². The summed E-state index contributed by atoms with van der Waals surface area (Å²) in [6, 6.07) is 0. The third-order valence-electron chi connectivity index (χ3n) is 2.32. The Kier molecular flexibility index (Phi) is 9.14. The van der Waals surface area contributed by atoms with Crippen molar-refractivity contribution in [2.45, 2.75) is 33.1 Å². The highest BCUT2D eigenvalue weighted by Crippen LogP contribution is 2.03. The Morgan fingerprint density at radius 2 is 1.94 bits per heavy atom. The highest BCUT2D eigenvalue weighted by Gasteiger charge is 2.19. The lowest BCUT2D eigenvalue weighted by Crippen LogP contribution is -2.35. The maximum Gasteiger partial charge on any atom is 0.215 e. The van der Waals surface area contributed by atoms with Gasteiger partial charge in [0.15, 0.2) is 0 Å². The molecule has 0 aromatic heterocycles. The Morgan fingerprint density at radius 1 is 1.24 bits per heavy atom. The van der Waals surface area contributed by atoms with Crippen LogP contribution in [0.25, 0.3) is 0 Å². The molecule has 100 valence electrons. The van der Waals surface area contributed by atoms with Crippen LogP contribution < -0.4 is 5.32 Å². The Labute approximate surface area is 106 Å². The van der Waals surface area contributed by atoms with E-state index in [-0.39, 0.29) is 12.3 Å². The normalized spacial score (nSPS) is 11.6. The topological polar surface area (TPSA) is 49.4 Å². The summed E-state index contributed by atoms with van der Waals surface area (Å²) in [4.78, 5) is 0. The maximum absolute atomic E-state index is 11.9. The first-order valence-corrected chi connectivity index (χ1v) is 7.81. The quantitative estimate of drug-likeness (QED) is 0.472. The number of hydrogen-bond acceptors (Lipinski definition) is 3. The molecule has 0 saturated heterocycles. The predicted molar refractivity (Wildman–Crippen MR) is 72.3 cm³/mol. The molecular formula is C12H24N2O2S. The Bertz CT molecular complexity index is 320. The summed E-state index contributed by atoms with van der Waals surface area (Å²) in [6.45, 7) is 6.39. The van der Waals surface area contributed by atoms with Crippen LogP contribution in [0.2, 0.25) is 0 Å². The first kappa shape index (κ1) is 16.4. The number of nitrogens with one attached hydrogen (secondary N) is 1. The van der Waals surface area contributed by atoms with Crippen molar-refractivity contribution in [3.8, 4) is 12.3 Å². The molecule has 0 aliphatic carbocycles. The van der Waals surface area contributed by atoms with E-state index < -0.39 is 10.0 Å². The van der Waals surface area contributed by atoms with E-state index in [1.807, 2.05) is 6.92 Å². The van der Waals surface area contributed by atoms with Crippen molar-refractivity contribution < 1.29 is 8.42 Å². The second-order valence-corrected chi connectivity index (χ2v) is 6.05. The van der Waals surface area contributed by atoms with Crippen LogP contribution in [0.3, 0.4) is 0 Å². The summed E-state index contributed by atoms with van der Waals surface area (Å²) >= 11 is 0. The van der Waals surface area contributed by atoms with Crippen molar-refractivity contribution in [3.63, 3.8) is 0 Å². The molecule has 1 N–H and O–H groups in total. The smallest absolute Gasteiger partial charge is 0.215 e. The van der Waals surface area contributed by atoms with Crippen LogP contribution in [0, 0.1) is 12.3 Å². The van der Waals surface area contributed by atoms with E-state index in [0.717, 1.165) is 25.9 Å². The summed E-state index contributed by atoms with van der Waals surface area (Å²) in [7, 11) is -3.18. The fraction of sp³-hybridized carbons (Fsp3) is 0.833. The molecule has 0 fully saturated rings. The van der Waals surface area contributed by atoms with Gasteiger partial charge in [0.1, 0.15) is 0 Å². The molecule has 0 spiro atoms. The lowest BCUT2D eigenvalue weighted by molar-refractivity contribution is 0.444. The van der Waals surface area contributed by atoms with Crippen LogP contribution in [0.4, 0.5) is 0 Å². The standard InChI is InChI=1S/C12H24N2O2S/c1-4-8-13-9-7-12-17(15,16)14(10-5-2)11-6-3/h2,13H,4,6-12H2,1,3H3. The highest BCUT2D eigenvalue weighted by atomic mass is 32.2. The summed E-state index contributed by atoms with van der Waals surface area (Å²) in [5.74, 6) is 2.57. The van der Waals surface area contributed by atoms with Gasteiger partial charge < -0.3 is 5.32 Å². The van der Waals surface area contributed by atoms with Gasteiger partial charge in [0.2, 0.25) is 10.0 Å². The molecule has 0 amide bonds. The molecule has 17 heavy (non-hydrogen) atoms. The van der Waals surface area contributed by atoms with Gasteiger partial charge in [-0.25, -0.2) is 8.42 Å². The molecule has 0 unspecified atom stereocenters. The first-order valence-electron chi connectivity index (χ1n) is 6.20. The number of hydrogen-bond donors (Lipinski definition) is 1. The Hall–Kier alpha value is -0.570. The molecule has 0 radical (unpaired) electrons. The zero-order valence-electron chi connectivity index (χ0n) is 10.9. The molecular weight excluding hydrogens is 236 g/mol. The van der Waals surface area contributed by atoms with Gasteiger partial charge >= 0.3 is 0 Å². The van der Waals surface area contributed by atoms with Crippen LogP contribution in [0.15, 0.2) is 0 Å².